The van der Waals surface area contributed by atoms with Crippen molar-refractivity contribution < 1.29 is 18.0 Å². The Labute approximate surface area is 115 Å². The SMILES string of the molecule is O=C(Nc1cccc(F)c1F)c1cccc(F)c1Br. The topological polar surface area (TPSA) is 29.1 Å². The Balaban J connectivity index is 2.31. The van der Waals surface area contributed by atoms with Crippen molar-refractivity contribution in [2.45, 2.75) is 0 Å². The predicted octanol–water partition coefficient (Wildman–Crippen LogP) is 4.12. The molecule has 0 atom stereocenters. The van der Waals surface area contributed by atoms with Crippen molar-refractivity contribution in [2.75, 3.05) is 5.32 Å². The quantitative estimate of drug-likeness (QED) is 0.882. The van der Waals surface area contributed by atoms with Crippen LogP contribution in [0, 0.1) is 17.5 Å². The van der Waals surface area contributed by atoms with E-state index in [4.69, 9.17) is 0 Å². The highest BCUT2D eigenvalue weighted by Gasteiger charge is 2.16. The number of anilines is 1. The summed E-state index contributed by atoms with van der Waals surface area (Å²) in [5.41, 5.74) is -0.315. The number of carbonyl (C=O) groups excluding carboxylic acids is 1. The fraction of sp³-hybridized carbons (Fsp3) is 0. The van der Waals surface area contributed by atoms with Crippen LogP contribution in [0.1, 0.15) is 10.4 Å². The van der Waals surface area contributed by atoms with Crippen molar-refractivity contribution in [3.63, 3.8) is 0 Å². The zero-order chi connectivity index (χ0) is 14.0. The van der Waals surface area contributed by atoms with Crippen LogP contribution >= 0.6 is 15.9 Å². The van der Waals surface area contributed by atoms with Gasteiger partial charge in [0.1, 0.15) is 5.82 Å². The van der Waals surface area contributed by atoms with E-state index in [1.165, 1.54) is 30.3 Å². The molecule has 0 aromatic heterocycles. The molecule has 1 N–H and O–H groups in total. The lowest BCUT2D eigenvalue weighted by Crippen LogP contribution is -2.14. The summed E-state index contributed by atoms with van der Waals surface area (Å²) in [7, 11) is 0. The molecule has 1 amide bonds. The summed E-state index contributed by atoms with van der Waals surface area (Å²) in [4.78, 5) is 11.9. The van der Waals surface area contributed by atoms with Crippen molar-refractivity contribution >= 4 is 27.5 Å². The van der Waals surface area contributed by atoms with Gasteiger partial charge in [-0.15, -0.1) is 0 Å². The maximum absolute atomic E-state index is 13.4. The molecule has 0 spiro atoms. The third-order valence-corrected chi connectivity index (χ3v) is 3.20. The first-order valence-electron chi connectivity index (χ1n) is 5.20. The Kier molecular flexibility index (Phi) is 3.90. The van der Waals surface area contributed by atoms with E-state index in [-0.39, 0.29) is 15.7 Å². The molecule has 98 valence electrons. The van der Waals surface area contributed by atoms with Crippen molar-refractivity contribution in [1.29, 1.82) is 0 Å². The monoisotopic (exact) mass is 329 g/mol. The number of rotatable bonds is 2. The van der Waals surface area contributed by atoms with Gasteiger partial charge >= 0.3 is 0 Å². The second-order valence-electron chi connectivity index (χ2n) is 3.66. The van der Waals surface area contributed by atoms with Gasteiger partial charge in [0, 0.05) is 0 Å². The summed E-state index contributed by atoms with van der Waals surface area (Å²) >= 11 is 2.92. The van der Waals surface area contributed by atoms with E-state index < -0.39 is 23.4 Å². The summed E-state index contributed by atoms with van der Waals surface area (Å²) in [5.74, 6) is -3.59. The van der Waals surface area contributed by atoms with Crippen LogP contribution in [0.15, 0.2) is 40.9 Å². The van der Waals surface area contributed by atoms with Crippen LogP contribution in [0.25, 0.3) is 0 Å². The number of carbonyl (C=O) groups is 1. The molecular weight excluding hydrogens is 323 g/mol. The van der Waals surface area contributed by atoms with Gasteiger partial charge in [0.25, 0.3) is 5.91 Å². The maximum Gasteiger partial charge on any atom is 0.256 e. The second kappa shape index (κ2) is 5.44. The van der Waals surface area contributed by atoms with E-state index in [2.05, 4.69) is 21.2 Å². The highest BCUT2D eigenvalue weighted by molar-refractivity contribution is 9.10. The number of hydrogen-bond donors (Lipinski definition) is 1. The van der Waals surface area contributed by atoms with Crippen molar-refractivity contribution in [2.24, 2.45) is 0 Å². The van der Waals surface area contributed by atoms with Crippen LogP contribution in [0.4, 0.5) is 18.9 Å². The highest BCUT2D eigenvalue weighted by atomic mass is 79.9. The standard InChI is InChI=1S/C13H7BrF3NO/c14-11-7(3-1-4-8(11)15)13(19)18-10-6-2-5-9(16)12(10)17/h1-6H,(H,18,19). The zero-order valence-electron chi connectivity index (χ0n) is 9.38. The van der Waals surface area contributed by atoms with Crippen LogP contribution in [0.5, 0.6) is 0 Å². The molecule has 0 heterocycles. The Bertz CT molecular complexity index is 646. The lowest BCUT2D eigenvalue weighted by molar-refractivity contribution is 0.102. The van der Waals surface area contributed by atoms with Crippen molar-refractivity contribution in [3.8, 4) is 0 Å². The molecule has 2 aromatic rings. The van der Waals surface area contributed by atoms with E-state index in [0.29, 0.717) is 0 Å². The predicted molar refractivity (Wildman–Crippen MR) is 68.4 cm³/mol. The number of amides is 1. The average molecular weight is 330 g/mol. The zero-order valence-corrected chi connectivity index (χ0v) is 11.0. The molecule has 0 radical (unpaired) electrons. The van der Waals surface area contributed by atoms with Crippen molar-refractivity contribution in [1.82, 2.24) is 0 Å². The lowest BCUT2D eigenvalue weighted by Gasteiger charge is -2.08. The van der Waals surface area contributed by atoms with Crippen LogP contribution < -0.4 is 5.32 Å². The first-order valence-corrected chi connectivity index (χ1v) is 5.99. The van der Waals surface area contributed by atoms with Gasteiger partial charge in [-0.3, -0.25) is 4.79 Å². The minimum absolute atomic E-state index is 0.0105. The third kappa shape index (κ3) is 2.78. The normalized spacial score (nSPS) is 10.3. The first-order chi connectivity index (χ1) is 9.00. The molecule has 0 aliphatic heterocycles. The largest absolute Gasteiger partial charge is 0.319 e. The number of benzene rings is 2. The van der Waals surface area contributed by atoms with Gasteiger partial charge in [-0.1, -0.05) is 12.1 Å². The minimum atomic E-state index is -1.16. The molecule has 0 bridgehead atoms. The molecule has 2 nitrogen and oxygen atoms in total. The Morgan fingerprint density at radius 1 is 1.00 bits per heavy atom. The molecule has 0 saturated carbocycles. The van der Waals surface area contributed by atoms with E-state index in [1.54, 1.807) is 0 Å². The molecule has 6 heteroatoms. The first kappa shape index (κ1) is 13.6. The number of nitrogens with one attached hydrogen (secondary N) is 1. The lowest BCUT2D eigenvalue weighted by atomic mass is 10.2. The molecular formula is C13H7BrF3NO. The summed E-state index contributed by atoms with van der Waals surface area (Å²) < 4.78 is 39.6. The molecule has 2 aromatic carbocycles. The van der Waals surface area contributed by atoms with Gasteiger partial charge in [-0.2, -0.15) is 0 Å². The molecule has 0 fully saturated rings. The second-order valence-corrected chi connectivity index (χ2v) is 4.45. The summed E-state index contributed by atoms with van der Waals surface area (Å²) in [6, 6.07) is 7.28. The Morgan fingerprint density at radius 3 is 2.37 bits per heavy atom. The minimum Gasteiger partial charge on any atom is -0.319 e. The van der Waals surface area contributed by atoms with Crippen LogP contribution in [-0.2, 0) is 0 Å². The molecule has 0 aliphatic rings. The van der Waals surface area contributed by atoms with E-state index >= 15 is 0 Å². The number of hydrogen-bond acceptors (Lipinski definition) is 1. The van der Waals surface area contributed by atoms with E-state index in [1.807, 2.05) is 0 Å². The summed E-state index contributed by atoms with van der Waals surface area (Å²) in [6.45, 7) is 0. The highest BCUT2D eigenvalue weighted by Crippen LogP contribution is 2.23. The molecule has 0 saturated heterocycles. The summed E-state index contributed by atoms with van der Waals surface area (Å²) in [6.07, 6.45) is 0. The van der Waals surface area contributed by atoms with Gasteiger partial charge in [-0.25, -0.2) is 13.2 Å². The van der Waals surface area contributed by atoms with E-state index in [0.717, 1.165) is 6.07 Å². The average Bonchev–Trinajstić information content (AvgIpc) is 2.38. The van der Waals surface area contributed by atoms with E-state index in [9.17, 15) is 18.0 Å². The fourth-order valence-electron chi connectivity index (χ4n) is 1.47. The Hall–Kier alpha value is -1.82. The molecule has 19 heavy (non-hydrogen) atoms. The molecule has 0 aliphatic carbocycles. The molecule has 0 unspecified atom stereocenters. The van der Waals surface area contributed by atoms with Gasteiger partial charge in [-0.05, 0) is 40.2 Å². The van der Waals surface area contributed by atoms with Crippen LogP contribution in [0.2, 0.25) is 0 Å². The van der Waals surface area contributed by atoms with Gasteiger partial charge < -0.3 is 5.32 Å². The van der Waals surface area contributed by atoms with Crippen molar-refractivity contribution in [3.05, 3.63) is 63.9 Å². The van der Waals surface area contributed by atoms with Gasteiger partial charge in [0.05, 0.1) is 15.7 Å². The number of halogens is 4. The summed E-state index contributed by atoms with van der Waals surface area (Å²) in [5, 5.41) is 2.18. The third-order valence-electron chi connectivity index (χ3n) is 2.40. The van der Waals surface area contributed by atoms with Gasteiger partial charge in [0.15, 0.2) is 11.6 Å². The van der Waals surface area contributed by atoms with Crippen LogP contribution in [0.3, 0.4) is 0 Å². The fourth-order valence-corrected chi connectivity index (χ4v) is 1.91. The van der Waals surface area contributed by atoms with Gasteiger partial charge in [0.2, 0.25) is 0 Å². The maximum atomic E-state index is 13.4. The van der Waals surface area contributed by atoms with Crippen LogP contribution in [-0.4, -0.2) is 5.91 Å². The molecule has 2 rings (SSSR count). The smallest absolute Gasteiger partial charge is 0.256 e. The Morgan fingerprint density at radius 2 is 1.63 bits per heavy atom.